The van der Waals surface area contributed by atoms with E-state index >= 15 is 0 Å². The van der Waals surface area contributed by atoms with Gasteiger partial charge in [-0.3, -0.25) is 0 Å². The molecule has 1 unspecified atom stereocenters. The predicted octanol–water partition coefficient (Wildman–Crippen LogP) is 4.52. The first-order valence-electron chi connectivity index (χ1n) is 7.15. The van der Waals surface area contributed by atoms with Crippen molar-refractivity contribution < 1.29 is 4.39 Å². The molecule has 0 fully saturated rings. The lowest BCUT2D eigenvalue weighted by Crippen LogP contribution is -2.01. The van der Waals surface area contributed by atoms with E-state index in [4.69, 9.17) is 0 Å². The molecule has 2 aromatic carbocycles. The maximum atomic E-state index is 14.7. The maximum Gasteiger partial charge on any atom is 0.133 e. The average Bonchev–Trinajstić information content (AvgIpc) is 3.12. The van der Waals surface area contributed by atoms with Crippen LogP contribution in [0.3, 0.4) is 0 Å². The van der Waals surface area contributed by atoms with Crippen LogP contribution in [0.4, 0.5) is 10.1 Å². The van der Waals surface area contributed by atoms with E-state index in [1.807, 2.05) is 36.4 Å². The van der Waals surface area contributed by atoms with Gasteiger partial charge in [0.2, 0.25) is 0 Å². The van der Waals surface area contributed by atoms with Gasteiger partial charge in [0.15, 0.2) is 0 Å². The van der Waals surface area contributed by atoms with Crippen molar-refractivity contribution in [2.45, 2.75) is 19.0 Å². The van der Waals surface area contributed by atoms with Crippen LogP contribution in [0.15, 0.2) is 42.5 Å². The number of hydrogen-bond acceptors (Lipinski definition) is 3. The van der Waals surface area contributed by atoms with E-state index in [2.05, 4.69) is 16.4 Å². The van der Waals surface area contributed by atoms with Crippen LogP contribution in [0.5, 0.6) is 0 Å². The van der Waals surface area contributed by atoms with Gasteiger partial charge in [-0.2, -0.15) is 0 Å². The van der Waals surface area contributed by atoms with Crippen molar-refractivity contribution >= 4 is 27.2 Å². The van der Waals surface area contributed by atoms with Crippen molar-refractivity contribution in [1.82, 2.24) is 4.98 Å². The van der Waals surface area contributed by atoms with Crippen LogP contribution < -0.4 is 5.32 Å². The minimum absolute atomic E-state index is 0.345. The molecule has 0 saturated heterocycles. The second-order valence-corrected chi connectivity index (χ2v) is 6.42. The summed E-state index contributed by atoms with van der Waals surface area (Å²) in [6.07, 6.45) is 0.320. The van der Waals surface area contributed by atoms with Gasteiger partial charge in [0, 0.05) is 24.2 Å². The molecule has 3 aromatic rings. The fourth-order valence-electron chi connectivity index (χ4n) is 2.90. The van der Waals surface area contributed by atoms with Crippen LogP contribution in [0, 0.1) is 0 Å². The van der Waals surface area contributed by atoms with Gasteiger partial charge < -0.3 is 5.32 Å². The fourth-order valence-corrected chi connectivity index (χ4v) is 3.89. The molecule has 0 amide bonds. The molecule has 4 heteroatoms. The first kappa shape index (κ1) is 12.8. The summed E-state index contributed by atoms with van der Waals surface area (Å²) < 4.78 is 15.9. The lowest BCUT2D eigenvalue weighted by atomic mass is 10.0. The third-order valence-corrected chi connectivity index (χ3v) is 4.97. The highest BCUT2D eigenvalue weighted by molar-refractivity contribution is 7.18. The highest BCUT2D eigenvalue weighted by atomic mass is 32.1. The van der Waals surface area contributed by atoms with Gasteiger partial charge in [-0.25, -0.2) is 9.37 Å². The molecule has 106 valence electrons. The Morgan fingerprint density at radius 3 is 3.00 bits per heavy atom. The molecular formula is C17H15FN2S. The van der Waals surface area contributed by atoms with Gasteiger partial charge in [-0.05, 0) is 24.1 Å². The molecule has 0 bridgehead atoms. The van der Waals surface area contributed by atoms with Gasteiger partial charge in [0.1, 0.15) is 6.17 Å². The number of nitrogens with one attached hydrogen (secondary N) is 1. The van der Waals surface area contributed by atoms with Crippen LogP contribution in [0.1, 0.15) is 22.3 Å². The Kier molecular flexibility index (Phi) is 3.11. The van der Waals surface area contributed by atoms with Crippen molar-refractivity contribution in [2.75, 3.05) is 11.9 Å². The van der Waals surface area contributed by atoms with Gasteiger partial charge >= 0.3 is 0 Å². The first-order chi connectivity index (χ1) is 10.3. The van der Waals surface area contributed by atoms with E-state index in [1.54, 1.807) is 11.3 Å². The quantitative estimate of drug-likeness (QED) is 0.769. The number of hydrogen-bond donors (Lipinski definition) is 1. The van der Waals surface area contributed by atoms with Crippen molar-refractivity contribution in [3.8, 4) is 0 Å². The highest BCUT2D eigenvalue weighted by Crippen LogP contribution is 2.35. The zero-order chi connectivity index (χ0) is 14.2. The summed E-state index contributed by atoms with van der Waals surface area (Å²) in [5.74, 6) is 0. The van der Waals surface area contributed by atoms with Crippen molar-refractivity contribution in [1.29, 1.82) is 0 Å². The van der Waals surface area contributed by atoms with Crippen molar-refractivity contribution in [2.24, 2.45) is 0 Å². The average molecular weight is 298 g/mol. The van der Waals surface area contributed by atoms with E-state index in [1.165, 1.54) is 5.56 Å². The summed E-state index contributed by atoms with van der Waals surface area (Å²) in [5.41, 5.74) is 3.94. The first-order valence-corrected chi connectivity index (χ1v) is 7.97. The lowest BCUT2D eigenvalue weighted by molar-refractivity contribution is 0.343. The van der Waals surface area contributed by atoms with E-state index in [9.17, 15) is 4.39 Å². The Morgan fingerprint density at radius 2 is 2.10 bits per heavy atom. The van der Waals surface area contributed by atoms with Gasteiger partial charge in [-0.1, -0.05) is 30.3 Å². The molecule has 1 N–H and O–H groups in total. The molecule has 0 spiro atoms. The van der Waals surface area contributed by atoms with Crippen molar-refractivity contribution in [3.63, 3.8) is 0 Å². The Morgan fingerprint density at radius 1 is 1.19 bits per heavy atom. The summed E-state index contributed by atoms with van der Waals surface area (Å²) in [6, 6.07) is 13.9. The third-order valence-electron chi connectivity index (χ3n) is 3.91. The number of benzene rings is 2. The molecule has 1 aliphatic rings. The van der Waals surface area contributed by atoms with E-state index in [0.29, 0.717) is 6.42 Å². The Bertz CT molecular complexity index is 763. The van der Waals surface area contributed by atoms with E-state index in [0.717, 1.165) is 39.4 Å². The molecule has 0 saturated carbocycles. The lowest BCUT2D eigenvalue weighted by Gasteiger charge is -2.12. The molecule has 1 aliphatic heterocycles. The van der Waals surface area contributed by atoms with Crippen LogP contribution in [-0.4, -0.2) is 11.5 Å². The molecule has 0 radical (unpaired) electrons. The Balaban J connectivity index is 1.63. The van der Waals surface area contributed by atoms with Gasteiger partial charge in [-0.15, -0.1) is 11.3 Å². The number of thiazole rings is 1. The molecule has 1 atom stereocenters. The summed E-state index contributed by atoms with van der Waals surface area (Å²) in [7, 11) is 0. The standard InChI is InChI=1S/C17H15FN2S/c18-13(12-5-3-4-11-8-9-19-17(11)12)10-16-20-14-6-1-2-7-15(14)21-16/h1-7,13,19H,8-10H2. The number of halogens is 1. The summed E-state index contributed by atoms with van der Waals surface area (Å²) in [4.78, 5) is 4.53. The monoisotopic (exact) mass is 298 g/mol. The Labute approximate surface area is 126 Å². The minimum Gasteiger partial charge on any atom is -0.384 e. The number of rotatable bonds is 3. The minimum atomic E-state index is -1.01. The normalized spacial score (nSPS) is 14.9. The molecule has 2 nitrogen and oxygen atoms in total. The number of fused-ring (bicyclic) bond motifs is 2. The highest BCUT2D eigenvalue weighted by Gasteiger charge is 2.21. The molecule has 0 aliphatic carbocycles. The zero-order valence-electron chi connectivity index (χ0n) is 11.5. The number of anilines is 1. The molecule has 1 aromatic heterocycles. The smallest absolute Gasteiger partial charge is 0.133 e. The maximum absolute atomic E-state index is 14.7. The predicted molar refractivity (Wildman–Crippen MR) is 85.8 cm³/mol. The summed E-state index contributed by atoms with van der Waals surface area (Å²) in [6.45, 7) is 0.903. The molecule has 2 heterocycles. The summed E-state index contributed by atoms with van der Waals surface area (Å²) in [5, 5.41) is 4.17. The van der Waals surface area contributed by atoms with E-state index < -0.39 is 6.17 Å². The topological polar surface area (TPSA) is 24.9 Å². The second-order valence-electron chi connectivity index (χ2n) is 5.31. The van der Waals surface area contributed by atoms with Crippen LogP contribution in [0.25, 0.3) is 10.2 Å². The number of alkyl halides is 1. The van der Waals surface area contributed by atoms with Crippen LogP contribution in [-0.2, 0) is 12.8 Å². The third kappa shape index (κ3) is 2.29. The molecule has 21 heavy (non-hydrogen) atoms. The van der Waals surface area contributed by atoms with Crippen LogP contribution in [0.2, 0.25) is 0 Å². The summed E-state index contributed by atoms with van der Waals surface area (Å²) >= 11 is 1.58. The number of aromatic nitrogens is 1. The van der Waals surface area contributed by atoms with Gasteiger partial charge in [0.05, 0.1) is 15.2 Å². The molecule has 4 rings (SSSR count). The van der Waals surface area contributed by atoms with Crippen LogP contribution >= 0.6 is 11.3 Å². The number of para-hydroxylation sites is 2. The van der Waals surface area contributed by atoms with E-state index in [-0.39, 0.29) is 0 Å². The molecular weight excluding hydrogens is 283 g/mol. The fraction of sp³-hybridized carbons (Fsp3) is 0.235. The Hall–Kier alpha value is -1.94. The largest absolute Gasteiger partial charge is 0.384 e. The SMILES string of the molecule is FC(Cc1nc2ccccc2s1)c1cccc2c1NCC2. The van der Waals surface area contributed by atoms with Crippen molar-refractivity contribution in [3.05, 3.63) is 58.6 Å². The number of nitrogens with zero attached hydrogens (tertiary/aromatic N) is 1. The zero-order valence-corrected chi connectivity index (χ0v) is 12.3. The second kappa shape index (κ2) is 5.11. The van der Waals surface area contributed by atoms with Gasteiger partial charge in [0.25, 0.3) is 0 Å².